The van der Waals surface area contributed by atoms with Crippen molar-refractivity contribution in [3.05, 3.63) is 58.0 Å². The Morgan fingerprint density at radius 3 is 2.33 bits per heavy atom. The summed E-state index contributed by atoms with van der Waals surface area (Å²) in [5.74, 6) is 1.72. The Labute approximate surface area is 146 Å². The fraction of sp³-hybridized carbons (Fsp3) is 0.565. The third kappa shape index (κ3) is 2.36. The van der Waals surface area contributed by atoms with Crippen LogP contribution in [0.15, 0.2) is 28.9 Å². The Hall–Kier alpha value is -1.50. The van der Waals surface area contributed by atoms with Crippen LogP contribution in [0.1, 0.15) is 92.9 Å². The third-order valence-corrected chi connectivity index (χ3v) is 6.67. The number of benzene rings is 1. The van der Waals surface area contributed by atoms with Crippen LogP contribution in [-0.4, -0.2) is 0 Å². The van der Waals surface area contributed by atoms with E-state index < -0.39 is 0 Å². The number of hydrogen-bond donors (Lipinski definition) is 0. The standard InChI is InChI=1S/C23H30O/c1-15-13-19-20(23(4,5)11-10-22(19,2)3)14-18(15)16-7-6-8-21-17(16)9-12-24-21/h9,12-14,16H,6-8,10-11H2,1-5H3. The molecule has 1 heterocycles. The van der Waals surface area contributed by atoms with E-state index in [0.717, 1.165) is 6.42 Å². The summed E-state index contributed by atoms with van der Waals surface area (Å²) in [6, 6.07) is 7.26. The van der Waals surface area contributed by atoms with Crippen LogP contribution in [0.2, 0.25) is 0 Å². The second kappa shape index (κ2) is 5.25. The molecule has 0 fully saturated rings. The summed E-state index contributed by atoms with van der Waals surface area (Å²) >= 11 is 0. The molecule has 0 saturated carbocycles. The predicted molar refractivity (Wildman–Crippen MR) is 100.0 cm³/mol. The lowest BCUT2D eigenvalue weighted by molar-refractivity contribution is 0.331. The Balaban J connectivity index is 1.88. The second-order valence-electron chi connectivity index (χ2n) is 9.27. The zero-order valence-corrected chi connectivity index (χ0v) is 15.8. The summed E-state index contributed by atoms with van der Waals surface area (Å²) in [7, 11) is 0. The fourth-order valence-corrected chi connectivity index (χ4v) is 4.92. The molecule has 0 bridgehead atoms. The molecule has 128 valence electrons. The van der Waals surface area contributed by atoms with Gasteiger partial charge < -0.3 is 4.42 Å². The van der Waals surface area contributed by atoms with Crippen LogP contribution in [0.5, 0.6) is 0 Å². The second-order valence-corrected chi connectivity index (χ2v) is 9.27. The largest absolute Gasteiger partial charge is 0.469 e. The van der Waals surface area contributed by atoms with E-state index in [-0.39, 0.29) is 5.41 Å². The van der Waals surface area contributed by atoms with Crippen molar-refractivity contribution in [1.29, 1.82) is 0 Å². The maximum absolute atomic E-state index is 5.73. The minimum absolute atomic E-state index is 0.279. The Kier molecular flexibility index (Phi) is 3.50. The van der Waals surface area contributed by atoms with Crippen molar-refractivity contribution in [1.82, 2.24) is 0 Å². The first kappa shape index (κ1) is 16.0. The molecule has 0 amide bonds. The average Bonchev–Trinajstić information content (AvgIpc) is 3.00. The van der Waals surface area contributed by atoms with Crippen LogP contribution in [0.3, 0.4) is 0 Å². The van der Waals surface area contributed by atoms with Crippen molar-refractivity contribution in [2.75, 3.05) is 0 Å². The highest BCUT2D eigenvalue weighted by Crippen LogP contribution is 2.48. The zero-order chi connectivity index (χ0) is 17.1. The summed E-state index contributed by atoms with van der Waals surface area (Å²) in [6.07, 6.45) is 8.01. The molecule has 1 nitrogen and oxygen atoms in total. The number of rotatable bonds is 1. The summed E-state index contributed by atoms with van der Waals surface area (Å²) in [5, 5.41) is 0. The summed E-state index contributed by atoms with van der Waals surface area (Å²) in [6.45, 7) is 12.0. The van der Waals surface area contributed by atoms with Crippen molar-refractivity contribution < 1.29 is 4.42 Å². The van der Waals surface area contributed by atoms with E-state index in [0.29, 0.717) is 11.3 Å². The number of hydrogen-bond acceptors (Lipinski definition) is 1. The molecule has 0 radical (unpaired) electrons. The summed E-state index contributed by atoms with van der Waals surface area (Å²) in [4.78, 5) is 0. The van der Waals surface area contributed by atoms with Gasteiger partial charge in [-0.15, -0.1) is 0 Å². The molecule has 2 aliphatic carbocycles. The van der Waals surface area contributed by atoms with Crippen molar-refractivity contribution >= 4 is 0 Å². The zero-order valence-electron chi connectivity index (χ0n) is 15.8. The molecule has 1 unspecified atom stereocenters. The minimum atomic E-state index is 0.279. The number of furan rings is 1. The highest BCUT2D eigenvalue weighted by molar-refractivity contribution is 5.50. The van der Waals surface area contributed by atoms with Crippen LogP contribution < -0.4 is 0 Å². The predicted octanol–water partition coefficient (Wildman–Crippen LogP) is 6.41. The lowest BCUT2D eigenvalue weighted by Crippen LogP contribution is -2.34. The molecule has 1 heteroatoms. The first-order chi connectivity index (χ1) is 11.3. The van der Waals surface area contributed by atoms with E-state index in [1.807, 2.05) is 6.26 Å². The average molecular weight is 322 g/mol. The molecule has 1 aromatic carbocycles. The van der Waals surface area contributed by atoms with E-state index in [1.165, 1.54) is 48.1 Å². The summed E-state index contributed by atoms with van der Waals surface area (Å²) < 4.78 is 5.73. The van der Waals surface area contributed by atoms with Crippen LogP contribution in [0.25, 0.3) is 0 Å². The molecule has 4 rings (SSSR count). The topological polar surface area (TPSA) is 13.1 Å². The normalized spacial score (nSPS) is 24.3. The van der Waals surface area contributed by atoms with Gasteiger partial charge in [0.15, 0.2) is 0 Å². The molecule has 0 aliphatic heterocycles. The van der Waals surface area contributed by atoms with Gasteiger partial charge in [-0.05, 0) is 71.8 Å². The molecule has 0 N–H and O–H groups in total. The molecule has 1 aromatic heterocycles. The molecule has 0 spiro atoms. The van der Waals surface area contributed by atoms with Gasteiger partial charge in [-0.2, -0.15) is 0 Å². The lowest BCUT2D eigenvalue weighted by atomic mass is 9.62. The quantitative estimate of drug-likeness (QED) is 0.591. The van der Waals surface area contributed by atoms with Gasteiger partial charge in [0, 0.05) is 17.9 Å². The van der Waals surface area contributed by atoms with Crippen molar-refractivity contribution in [2.45, 2.75) is 83.5 Å². The first-order valence-corrected chi connectivity index (χ1v) is 9.51. The van der Waals surface area contributed by atoms with E-state index in [1.54, 1.807) is 11.1 Å². The fourth-order valence-electron chi connectivity index (χ4n) is 4.92. The first-order valence-electron chi connectivity index (χ1n) is 9.51. The molecule has 2 aromatic rings. The highest BCUT2D eigenvalue weighted by Gasteiger charge is 2.38. The van der Waals surface area contributed by atoms with Gasteiger partial charge in [-0.25, -0.2) is 0 Å². The van der Waals surface area contributed by atoms with E-state index >= 15 is 0 Å². The van der Waals surface area contributed by atoms with Crippen molar-refractivity contribution in [2.24, 2.45) is 0 Å². The van der Waals surface area contributed by atoms with Crippen LogP contribution in [0, 0.1) is 6.92 Å². The van der Waals surface area contributed by atoms with Gasteiger partial charge in [0.2, 0.25) is 0 Å². The molecule has 2 aliphatic rings. The maximum atomic E-state index is 5.73. The third-order valence-electron chi connectivity index (χ3n) is 6.67. The van der Waals surface area contributed by atoms with Crippen LogP contribution >= 0.6 is 0 Å². The Morgan fingerprint density at radius 1 is 0.958 bits per heavy atom. The summed E-state index contributed by atoms with van der Waals surface area (Å²) in [5.41, 5.74) is 8.14. The van der Waals surface area contributed by atoms with E-state index in [4.69, 9.17) is 4.42 Å². The molecular formula is C23H30O. The lowest BCUT2D eigenvalue weighted by Gasteiger charge is -2.43. The Bertz CT molecular complexity index is 775. The van der Waals surface area contributed by atoms with Gasteiger partial charge in [-0.3, -0.25) is 0 Å². The smallest absolute Gasteiger partial charge is 0.107 e. The van der Waals surface area contributed by atoms with Gasteiger partial charge in [0.05, 0.1) is 6.26 Å². The van der Waals surface area contributed by atoms with Crippen LogP contribution in [0.4, 0.5) is 0 Å². The highest BCUT2D eigenvalue weighted by atomic mass is 16.3. The number of aryl methyl sites for hydroxylation is 2. The van der Waals surface area contributed by atoms with Gasteiger partial charge in [-0.1, -0.05) is 39.8 Å². The van der Waals surface area contributed by atoms with Crippen molar-refractivity contribution in [3.63, 3.8) is 0 Å². The molecule has 0 saturated heterocycles. The van der Waals surface area contributed by atoms with Gasteiger partial charge in [0.1, 0.15) is 5.76 Å². The molecule has 1 atom stereocenters. The SMILES string of the molecule is Cc1cc2c(cc1C1CCCc3occc31)C(C)(C)CCC2(C)C. The molecular weight excluding hydrogens is 292 g/mol. The van der Waals surface area contributed by atoms with E-state index in [9.17, 15) is 0 Å². The van der Waals surface area contributed by atoms with Crippen molar-refractivity contribution in [3.8, 4) is 0 Å². The Morgan fingerprint density at radius 2 is 1.62 bits per heavy atom. The maximum Gasteiger partial charge on any atom is 0.107 e. The van der Waals surface area contributed by atoms with Gasteiger partial charge >= 0.3 is 0 Å². The minimum Gasteiger partial charge on any atom is -0.469 e. The van der Waals surface area contributed by atoms with Gasteiger partial charge in [0.25, 0.3) is 0 Å². The molecule has 24 heavy (non-hydrogen) atoms. The van der Waals surface area contributed by atoms with E-state index in [2.05, 4.69) is 52.8 Å². The number of fused-ring (bicyclic) bond motifs is 2. The monoisotopic (exact) mass is 322 g/mol. The van der Waals surface area contributed by atoms with Crippen LogP contribution in [-0.2, 0) is 17.3 Å².